The van der Waals surface area contributed by atoms with Gasteiger partial charge < -0.3 is 24.7 Å². The first-order chi connectivity index (χ1) is 11.1. The molecule has 0 saturated carbocycles. The quantitative estimate of drug-likeness (QED) is 0.862. The lowest BCUT2D eigenvalue weighted by Gasteiger charge is -2.27. The number of nitrogens with zero attached hydrogens (tertiary/aromatic N) is 2. The van der Waals surface area contributed by atoms with Crippen LogP contribution in [0.4, 0.5) is 0 Å². The molecule has 2 saturated heterocycles. The molecule has 1 aromatic rings. The molecule has 2 atom stereocenters. The minimum atomic E-state index is -0.672. The molecule has 3 rings (SSSR count). The number of hydrogen-bond acceptors (Lipinski definition) is 5. The molecule has 0 radical (unpaired) electrons. The van der Waals surface area contributed by atoms with Crippen LogP contribution >= 0.6 is 0 Å². The van der Waals surface area contributed by atoms with Gasteiger partial charge in [-0.05, 0) is 44.5 Å². The van der Waals surface area contributed by atoms with E-state index in [2.05, 4.69) is 4.90 Å². The SMILES string of the molecule is CO[C@H]1C[C@@H](CN2CCCC2)N(C(=O)c2ccc(C(N)=O)o2)C1. The number of primary amides is 1. The van der Waals surface area contributed by atoms with E-state index in [1.54, 1.807) is 12.0 Å². The highest BCUT2D eigenvalue weighted by Gasteiger charge is 2.38. The van der Waals surface area contributed by atoms with Crippen LogP contribution in [0.2, 0.25) is 0 Å². The van der Waals surface area contributed by atoms with Gasteiger partial charge in [0, 0.05) is 26.2 Å². The van der Waals surface area contributed by atoms with Gasteiger partial charge in [-0.15, -0.1) is 0 Å². The van der Waals surface area contributed by atoms with E-state index in [1.165, 1.54) is 25.0 Å². The van der Waals surface area contributed by atoms with Gasteiger partial charge in [0.1, 0.15) is 0 Å². The summed E-state index contributed by atoms with van der Waals surface area (Å²) < 4.78 is 10.7. The highest BCUT2D eigenvalue weighted by Crippen LogP contribution is 2.25. The van der Waals surface area contributed by atoms with E-state index in [-0.39, 0.29) is 29.6 Å². The molecule has 0 unspecified atom stereocenters. The average Bonchev–Trinajstić information content (AvgIpc) is 3.27. The van der Waals surface area contributed by atoms with Crippen molar-refractivity contribution in [2.24, 2.45) is 5.73 Å². The third-order valence-corrected chi connectivity index (χ3v) is 4.70. The maximum atomic E-state index is 12.7. The first kappa shape index (κ1) is 16.0. The largest absolute Gasteiger partial charge is 0.446 e. The van der Waals surface area contributed by atoms with Crippen molar-refractivity contribution in [1.82, 2.24) is 9.80 Å². The molecule has 7 heteroatoms. The van der Waals surface area contributed by atoms with Crippen LogP contribution in [0.3, 0.4) is 0 Å². The Balaban J connectivity index is 1.73. The summed E-state index contributed by atoms with van der Waals surface area (Å²) >= 11 is 0. The summed E-state index contributed by atoms with van der Waals surface area (Å²) in [6, 6.07) is 3.05. The van der Waals surface area contributed by atoms with Gasteiger partial charge in [0.05, 0.1) is 6.10 Å². The number of hydrogen-bond donors (Lipinski definition) is 1. The molecular formula is C16H23N3O4. The standard InChI is InChI=1S/C16H23N3O4/c1-22-12-8-11(9-18-6-2-3-7-18)19(10-12)16(21)14-5-4-13(23-14)15(17)20/h4-5,11-12H,2-3,6-10H2,1H3,(H2,17,20)/t11-,12-/m0/s1. The van der Waals surface area contributed by atoms with E-state index in [4.69, 9.17) is 14.9 Å². The predicted octanol–water partition coefficient (Wildman–Crippen LogP) is 0.704. The molecule has 0 aromatic carbocycles. The van der Waals surface area contributed by atoms with Gasteiger partial charge in [0.2, 0.25) is 0 Å². The highest BCUT2D eigenvalue weighted by molar-refractivity contribution is 5.95. The number of carbonyl (C=O) groups is 2. The minimum absolute atomic E-state index is 0.00642. The average molecular weight is 321 g/mol. The Kier molecular flexibility index (Phi) is 4.68. The van der Waals surface area contributed by atoms with Crippen molar-refractivity contribution in [3.8, 4) is 0 Å². The molecule has 1 aromatic heterocycles. The van der Waals surface area contributed by atoms with Gasteiger partial charge in [0.25, 0.3) is 11.8 Å². The van der Waals surface area contributed by atoms with E-state index >= 15 is 0 Å². The van der Waals surface area contributed by atoms with Crippen LogP contribution in [-0.4, -0.2) is 67.0 Å². The van der Waals surface area contributed by atoms with Crippen LogP contribution in [-0.2, 0) is 4.74 Å². The van der Waals surface area contributed by atoms with Crippen molar-refractivity contribution in [3.05, 3.63) is 23.7 Å². The number of methoxy groups -OCH3 is 1. The number of ether oxygens (including phenoxy) is 1. The monoisotopic (exact) mass is 321 g/mol. The first-order valence-corrected chi connectivity index (χ1v) is 8.04. The van der Waals surface area contributed by atoms with E-state index in [1.807, 2.05) is 0 Å². The summed E-state index contributed by atoms with van der Waals surface area (Å²) in [5.74, 6) is -0.719. The Hall–Kier alpha value is -1.86. The molecule has 2 amide bonds. The number of nitrogens with two attached hydrogens (primary N) is 1. The lowest BCUT2D eigenvalue weighted by atomic mass is 10.2. The van der Waals surface area contributed by atoms with Crippen molar-refractivity contribution >= 4 is 11.8 Å². The smallest absolute Gasteiger partial charge is 0.289 e. The molecule has 7 nitrogen and oxygen atoms in total. The van der Waals surface area contributed by atoms with Crippen molar-refractivity contribution in [2.75, 3.05) is 33.3 Å². The summed E-state index contributed by atoms with van der Waals surface area (Å²) in [7, 11) is 1.67. The summed E-state index contributed by atoms with van der Waals surface area (Å²) in [6.45, 7) is 3.57. The number of carbonyl (C=O) groups excluding carboxylic acids is 2. The fraction of sp³-hybridized carbons (Fsp3) is 0.625. The van der Waals surface area contributed by atoms with Crippen LogP contribution in [0.5, 0.6) is 0 Å². The summed E-state index contributed by atoms with van der Waals surface area (Å²) in [5, 5.41) is 0. The van der Waals surface area contributed by atoms with Crippen LogP contribution < -0.4 is 5.73 Å². The summed E-state index contributed by atoms with van der Waals surface area (Å²) in [5.41, 5.74) is 5.18. The molecule has 2 aliphatic rings. The summed E-state index contributed by atoms with van der Waals surface area (Å²) in [6.07, 6.45) is 3.29. The molecule has 126 valence electrons. The van der Waals surface area contributed by atoms with Crippen molar-refractivity contribution in [2.45, 2.75) is 31.4 Å². The van der Waals surface area contributed by atoms with E-state index in [0.717, 1.165) is 26.1 Å². The molecule has 2 aliphatic heterocycles. The normalized spacial score (nSPS) is 25.2. The van der Waals surface area contributed by atoms with Crippen molar-refractivity contribution < 1.29 is 18.7 Å². The lowest BCUT2D eigenvalue weighted by Crippen LogP contribution is -2.42. The predicted molar refractivity (Wildman–Crippen MR) is 83.1 cm³/mol. The van der Waals surface area contributed by atoms with Gasteiger partial charge in [-0.25, -0.2) is 0 Å². The zero-order valence-corrected chi connectivity index (χ0v) is 13.4. The number of rotatable bonds is 5. The third-order valence-electron chi connectivity index (χ3n) is 4.70. The zero-order valence-electron chi connectivity index (χ0n) is 13.4. The van der Waals surface area contributed by atoms with Gasteiger partial charge in [0.15, 0.2) is 11.5 Å². The molecular weight excluding hydrogens is 298 g/mol. The number of furan rings is 1. The van der Waals surface area contributed by atoms with E-state index in [9.17, 15) is 9.59 Å². The number of likely N-dealkylation sites (tertiary alicyclic amines) is 2. The minimum Gasteiger partial charge on any atom is -0.446 e. The molecule has 23 heavy (non-hydrogen) atoms. The Bertz CT molecular complexity index is 580. The van der Waals surface area contributed by atoms with E-state index < -0.39 is 5.91 Å². The second-order valence-corrected chi connectivity index (χ2v) is 6.24. The molecule has 0 spiro atoms. The summed E-state index contributed by atoms with van der Waals surface area (Å²) in [4.78, 5) is 28.1. The molecule has 0 aliphatic carbocycles. The highest BCUT2D eigenvalue weighted by atomic mass is 16.5. The van der Waals surface area contributed by atoms with Crippen LogP contribution in [0, 0.1) is 0 Å². The maximum Gasteiger partial charge on any atom is 0.289 e. The topological polar surface area (TPSA) is 89.0 Å². The Morgan fingerprint density at radius 2 is 2.00 bits per heavy atom. The van der Waals surface area contributed by atoms with Crippen LogP contribution in [0.15, 0.2) is 16.5 Å². The fourth-order valence-electron chi connectivity index (χ4n) is 3.46. The first-order valence-electron chi connectivity index (χ1n) is 8.04. The van der Waals surface area contributed by atoms with E-state index in [0.29, 0.717) is 6.54 Å². The van der Waals surface area contributed by atoms with Crippen molar-refractivity contribution in [1.29, 1.82) is 0 Å². The molecule has 3 heterocycles. The van der Waals surface area contributed by atoms with Gasteiger partial charge >= 0.3 is 0 Å². The fourth-order valence-corrected chi connectivity index (χ4v) is 3.46. The second kappa shape index (κ2) is 6.72. The second-order valence-electron chi connectivity index (χ2n) is 6.24. The van der Waals surface area contributed by atoms with Crippen LogP contribution in [0.1, 0.15) is 40.4 Å². The lowest BCUT2D eigenvalue weighted by molar-refractivity contribution is 0.0637. The van der Waals surface area contributed by atoms with Crippen molar-refractivity contribution in [3.63, 3.8) is 0 Å². The maximum absolute atomic E-state index is 12.7. The number of amides is 2. The molecule has 2 fully saturated rings. The third kappa shape index (κ3) is 3.40. The molecule has 2 N–H and O–H groups in total. The van der Waals surface area contributed by atoms with Gasteiger partial charge in [-0.2, -0.15) is 0 Å². The van der Waals surface area contributed by atoms with Gasteiger partial charge in [-0.3, -0.25) is 9.59 Å². The Morgan fingerprint density at radius 1 is 1.30 bits per heavy atom. The molecule has 0 bridgehead atoms. The Morgan fingerprint density at radius 3 is 2.61 bits per heavy atom. The zero-order chi connectivity index (χ0) is 16.4. The Labute approximate surface area is 135 Å². The van der Waals surface area contributed by atoms with Crippen LogP contribution in [0.25, 0.3) is 0 Å². The van der Waals surface area contributed by atoms with Gasteiger partial charge in [-0.1, -0.05) is 0 Å².